The number of halogens is 2. The summed E-state index contributed by atoms with van der Waals surface area (Å²) in [5.41, 5.74) is 5.98. The molecule has 7 nitrogen and oxygen atoms in total. The summed E-state index contributed by atoms with van der Waals surface area (Å²) in [6.07, 6.45) is 0.900. The topological polar surface area (TPSA) is 88.7 Å². The number of aryl methyl sites for hydroxylation is 1. The molecule has 33 heavy (non-hydrogen) atoms. The average Bonchev–Trinajstić information content (AvgIpc) is 2.81. The number of carbonyl (C=O) groups is 2. The third kappa shape index (κ3) is 7.15. The minimum Gasteiger partial charge on any atom is -0.483 e. The van der Waals surface area contributed by atoms with Crippen LogP contribution in [0.2, 0.25) is 0 Å². The van der Waals surface area contributed by atoms with Crippen LogP contribution in [0.15, 0.2) is 63.5 Å². The van der Waals surface area contributed by atoms with Crippen LogP contribution in [0.5, 0.6) is 11.5 Å². The Morgan fingerprint density at radius 2 is 1.61 bits per heavy atom. The Hall–Kier alpha value is -2.69. The van der Waals surface area contributed by atoms with Gasteiger partial charge in [-0.2, -0.15) is 0 Å². The van der Waals surface area contributed by atoms with Crippen molar-refractivity contribution in [2.24, 2.45) is 0 Å². The van der Waals surface area contributed by atoms with Crippen LogP contribution in [0.3, 0.4) is 0 Å². The number of fused-ring (bicyclic) bond motifs is 1. The number of hydrogen-bond acceptors (Lipinski definition) is 5. The van der Waals surface area contributed by atoms with E-state index in [0.29, 0.717) is 11.5 Å². The van der Waals surface area contributed by atoms with E-state index in [1.54, 1.807) is 12.1 Å². The van der Waals surface area contributed by atoms with E-state index in [2.05, 4.69) is 55.0 Å². The Kier molecular flexibility index (Phi) is 9.04. The third-order valence-electron chi connectivity index (χ3n) is 4.52. The van der Waals surface area contributed by atoms with E-state index in [4.69, 9.17) is 21.7 Å². The number of hydrogen-bond donors (Lipinski definition) is 3. The molecule has 3 aromatic carbocycles. The van der Waals surface area contributed by atoms with E-state index >= 15 is 0 Å². The van der Waals surface area contributed by atoms with Crippen molar-refractivity contribution in [1.82, 2.24) is 16.2 Å². The van der Waals surface area contributed by atoms with Crippen LogP contribution in [0.25, 0.3) is 10.8 Å². The predicted octanol–water partition coefficient (Wildman–Crippen LogP) is 4.41. The first-order chi connectivity index (χ1) is 15.9. The Labute approximate surface area is 213 Å². The molecule has 0 radical (unpaired) electrons. The molecule has 0 saturated heterocycles. The monoisotopic (exact) mass is 593 g/mol. The highest BCUT2D eigenvalue weighted by Gasteiger charge is 2.11. The summed E-state index contributed by atoms with van der Waals surface area (Å²) in [7, 11) is 0. The van der Waals surface area contributed by atoms with Gasteiger partial charge in [0.2, 0.25) is 0 Å². The molecule has 2 amide bonds. The van der Waals surface area contributed by atoms with Crippen molar-refractivity contribution >= 4 is 71.8 Å². The first-order valence-electron chi connectivity index (χ1n) is 9.97. The highest BCUT2D eigenvalue weighted by atomic mass is 79.9. The van der Waals surface area contributed by atoms with Crippen LogP contribution in [0.4, 0.5) is 0 Å². The Bertz CT molecular complexity index is 1190. The fourth-order valence-corrected chi connectivity index (χ4v) is 4.16. The summed E-state index contributed by atoms with van der Waals surface area (Å²) < 4.78 is 12.6. The van der Waals surface area contributed by atoms with Gasteiger partial charge in [0.1, 0.15) is 11.5 Å². The Morgan fingerprint density at radius 3 is 2.36 bits per heavy atom. The fourth-order valence-electron chi connectivity index (χ4n) is 2.85. The molecule has 0 atom stereocenters. The number of hydrazine groups is 1. The molecule has 10 heteroatoms. The van der Waals surface area contributed by atoms with Crippen molar-refractivity contribution < 1.29 is 19.1 Å². The van der Waals surface area contributed by atoms with Gasteiger partial charge in [-0.3, -0.25) is 25.8 Å². The van der Waals surface area contributed by atoms with Crippen molar-refractivity contribution in [3.63, 3.8) is 0 Å². The van der Waals surface area contributed by atoms with E-state index in [9.17, 15) is 9.59 Å². The van der Waals surface area contributed by atoms with Gasteiger partial charge in [0.05, 0.1) is 8.95 Å². The van der Waals surface area contributed by atoms with Crippen molar-refractivity contribution in [1.29, 1.82) is 0 Å². The maximum atomic E-state index is 12.1. The van der Waals surface area contributed by atoms with E-state index < -0.39 is 11.8 Å². The van der Waals surface area contributed by atoms with Gasteiger partial charge in [-0.25, -0.2) is 0 Å². The molecule has 3 aromatic rings. The van der Waals surface area contributed by atoms with Crippen LogP contribution in [-0.2, 0) is 16.0 Å². The SMILES string of the molecule is CCc1ccc(OCC(=O)NNC(=S)NC(=O)COc2ccc3ccccc3c2Br)c(Br)c1. The zero-order valence-electron chi connectivity index (χ0n) is 17.6. The number of benzene rings is 3. The standard InChI is InChI=1S/C23H21Br2N3O4S/c1-2-14-7-9-18(17(24)11-14)31-13-21(30)27-28-23(33)26-20(29)12-32-19-10-8-15-5-3-4-6-16(15)22(19)25/h3-11H,2,12-13H2,1H3,(H,27,30)(H2,26,28,29,33). The molecule has 0 fully saturated rings. The van der Waals surface area contributed by atoms with E-state index in [0.717, 1.165) is 31.7 Å². The number of carbonyl (C=O) groups excluding carboxylic acids is 2. The fraction of sp³-hybridized carbons (Fsp3) is 0.174. The number of rotatable bonds is 7. The van der Waals surface area contributed by atoms with E-state index in [-0.39, 0.29) is 18.3 Å². The van der Waals surface area contributed by atoms with Crippen molar-refractivity contribution in [3.8, 4) is 11.5 Å². The second kappa shape index (κ2) is 12.0. The number of nitrogens with one attached hydrogen (secondary N) is 3. The molecule has 0 aliphatic carbocycles. The molecular formula is C23H21Br2N3O4S. The summed E-state index contributed by atoms with van der Waals surface area (Å²) in [4.78, 5) is 24.1. The molecule has 0 bridgehead atoms. The summed E-state index contributed by atoms with van der Waals surface area (Å²) in [5, 5.41) is 4.40. The van der Waals surface area contributed by atoms with Crippen molar-refractivity contribution in [2.45, 2.75) is 13.3 Å². The van der Waals surface area contributed by atoms with E-state index in [1.807, 2.05) is 42.5 Å². The largest absolute Gasteiger partial charge is 0.483 e. The molecule has 172 valence electrons. The van der Waals surface area contributed by atoms with Gasteiger partial charge in [0.15, 0.2) is 18.3 Å². The molecule has 0 aliphatic rings. The van der Waals surface area contributed by atoms with Gasteiger partial charge in [-0.05, 0) is 85.0 Å². The van der Waals surface area contributed by atoms with Gasteiger partial charge in [0, 0.05) is 0 Å². The molecule has 3 N–H and O–H groups in total. The van der Waals surface area contributed by atoms with Gasteiger partial charge >= 0.3 is 0 Å². The Morgan fingerprint density at radius 1 is 0.909 bits per heavy atom. The quantitative estimate of drug-likeness (QED) is 0.277. The molecule has 0 unspecified atom stereocenters. The molecule has 0 heterocycles. The lowest BCUT2D eigenvalue weighted by molar-refractivity contribution is -0.124. The molecule has 0 saturated carbocycles. The Balaban J connectivity index is 1.40. The highest BCUT2D eigenvalue weighted by Crippen LogP contribution is 2.33. The minimum absolute atomic E-state index is 0.0667. The summed E-state index contributed by atoms with van der Waals surface area (Å²) >= 11 is 12.0. The van der Waals surface area contributed by atoms with Crippen LogP contribution in [-0.4, -0.2) is 30.1 Å². The van der Waals surface area contributed by atoms with Crippen LogP contribution < -0.4 is 25.6 Å². The van der Waals surface area contributed by atoms with Crippen molar-refractivity contribution in [2.75, 3.05) is 13.2 Å². The second-order valence-corrected chi connectivity index (χ2v) is 8.90. The maximum absolute atomic E-state index is 12.1. The normalized spacial score (nSPS) is 10.4. The number of amides is 2. The highest BCUT2D eigenvalue weighted by molar-refractivity contribution is 9.11. The second-order valence-electron chi connectivity index (χ2n) is 6.84. The predicted molar refractivity (Wildman–Crippen MR) is 138 cm³/mol. The van der Waals surface area contributed by atoms with Crippen LogP contribution in [0.1, 0.15) is 12.5 Å². The molecule has 3 rings (SSSR count). The third-order valence-corrected chi connectivity index (χ3v) is 6.16. The van der Waals surface area contributed by atoms with Gasteiger partial charge in [0.25, 0.3) is 11.8 Å². The molecular weight excluding hydrogens is 574 g/mol. The zero-order valence-corrected chi connectivity index (χ0v) is 21.6. The van der Waals surface area contributed by atoms with E-state index in [1.165, 1.54) is 0 Å². The minimum atomic E-state index is -0.474. The van der Waals surface area contributed by atoms with Crippen molar-refractivity contribution in [3.05, 3.63) is 69.1 Å². The smallest absolute Gasteiger partial charge is 0.276 e. The lowest BCUT2D eigenvalue weighted by Gasteiger charge is -2.13. The molecule has 0 aliphatic heterocycles. The van der Waals surface area contributed by atoms with Gasteiger partial charge < -0.3 is 9.47 Å². The van der Waals surface area contributed by atoms with Crippen LogP contribution in [0, 0.1) is 0 Å². The first-order valence-corrected chi connectivity index (χ1v) is 12.0. The lowest BCUT2D eigenvalue weighted by Crippen LogP contribution is -2.50. The van der Waals surface area contributed by atoms with Crippen LogP contribution >= 0.6 is 44.1 Å². The maximum Gasteiger partial charge on any atom is 0.276 e. The number of thiocarbonyl (C=S) groups is 1. The van der Waals surface area contributed by atoms with Gasteiger partial charge in [-0.1, -0.05) is 43.3 Å². The first kappa shape index (κ1) is 24.9. The lowest BCUT2D eigenvalue weighted by atomic mass is 10.1. The molecule has 0 aromatic heterocycles. The molecule has 0 spiro atoms. The number of ether oxygens (including phenoxy) is 2. The van der Waals surface area contributed by atoms with Gasteiger partial charge in [-0.15, -0.1) is 0 Å². The summed E-state index contributed by atoms with van der Waals surface area (Å²) in [6.45, 7) is 1.57. The summed E-state index contributed by atoms with van der Waals surface area (Å²) in [5.74, 6) is 0.147. The summed E-state index contributed by atoms with van der Waals surface area (Å²) in [6, 6.07) is 17.2. The zero-order chi connectivity index (χ0) is 23.8. The average molecular weight is 595 g/mol.